The standard InChI is InChI=1S/C17H24ClNO3S/c1-3-9-22-17(21)15-12-7-6-11(2)10-13(12)23-16(15)19-14(20)5-4-8-18/h11H,3-10H2,1-2H3,(H,19,20)/t11-/m0/s1. The van der Waals surface area contributed by atoms with Crippen LogP contribution in [0.3, 0.4) is 0 Å². The van der Waals surface area contributed by atoms with Crippen LogP contribution in [0, 0.1) is 5.92 Å². The van der Waals surface area contributed by atoms with Crippen LogP contribution in [0.4, 0.5) is 5.00 Å². The number of fused-ring (bicyclic) bond motifs is 1. The second kappa shape index (κ2) is 8.69. The first-order valence-electron chi connectivity index (χ1n) is 8.24. The van der Waals surface area contributed by atoms with Gasteiger partial charge < -0.3 is 10.1 Å². The van der Waals surface area contributed by atoms with E-state index in [1.54, 1.807) is 0 Å². The fourth-order valence-electron chi connectivity index (χ4n) is 2.74. The number of ether oxygens (including phenoxy) is 1. The Hall–Kier alpha value is -1.07. The lowest BCUT2D eigenvalue weighted by atomic mass is 9.88. The first-order valence-corrected chi connectivity index (χ1v) is 9.59. The number of esters is 1. The number of hydrogen-bond donors (Lipinski definition) is 1. The molecule has 4 nitrogen and oxygen atoms in total. The fraction of sp³-hybridized carbons (Fsp3) is 0.647. The van der Waals surface area contributed by atoms with Crippen molar-refractivity contribution < 1.29 is 14.3 Å². The van der Waals surface area contributed by atoms with Crippen molar-refractivity contribution in [3.05, 3.63) is 16.0 Å². The van der Waals surface area contributed by atoms with Gasteiger partial charge >= 0.3 is 5.97 Å². The molecule has 0 saturated carbocycles. The number of carbonyl (C=O) groups is 2. The highest BCUT2D eigenvalue weighted by Crippen LogP contribution is 2.40. The molecule has 1 aromatic rings. The number of carbonyl (C=O) groups excluding carboxylic acids is 2. The normalized spacial score (nSPS) is 16.7. The molecule has 23 heavy (non-hydrogen) atoms. The maximum Gasteiger partial charge on any atom is 0.341 e. The van der Waals surface area contributed by atoms with Crippen LogP contribution < -0.4 is 5.32 Å². The zero-order valence-corrected chi connectivity index (χ0v) is 15.3. The van der Waals surface area contributed by atoms with Crippen LogP contribution in [0.1, 0.15) is 60.3 Å². The van der Waals surface area contributed by atoms with Gasteiger partial charge in [0.25, 0.3) is 0 Å². The Balaban J connectivity index is 2.25. The van der Waals surface area contributed by atoms with Crippen molar-refractivity contribution >= 4 is 39.8 Å². The van der Waals surface area contributed by atoms with Gasteiger partial charge in [-0.25, -0.2) is 4.79 Å². The summed E-state index contributed by atoms with van der Waals surface area (Å²) in [6, 6.07) is 0. The van der Waals surface area contributed by atoms with E-state index in [9.17, 15) is 9.59 Å². The van der Waals surface area contributed by atoms with Crippen molar-refractivity contribution in [1.29, 1.82) is 0 Å². The number of hydrogen-bond acceptors (Lipinski definition) is 4. The summed E-state index contributed by atoms with van der Waals surface area (Å²) in [5.74, 6) is 0.658. The summed E-state index contributed by atoms with van der Waals surface area (Å²) < 4.78 is 5.33. The zero-order chi connectivity index (χ0) is 16.8. The van der Waals surface area contributed by atoms with Gasteiger partial charge in [-0.2, -0.15) is 0 Å². The Labute approximate surface area is 146 Å². The summed E-state index contributed by atoms with van der Waals surface area (Å²) in [6.07, 6.45) is 4.69. The second-order valence-corrected chi connectivity index (χ2v) is 7.52. The number of halogens is 1. The van der Waals surface area contributed by atoms with E-state index in [0.717, 1.165) is 31.2 Å². The number of rotatable bonds is 7. The molecule has 1 aliphatic rings. The fourth-order valence-corrected chi connectivity index (χ4v) is 4.29. The van der Waals surface area contributed by atoms with E-state index in [-0.39, 0.29) is 11.9 Å². The van der Waals surface area contributed by atoms with E-state index >= 15 is 0 Å². The maximum absolute atomic E-state index is 12.4. The van der Waals surface area contributed by atoms with Crippen molar-refractivity contribution in [2.24, 2.45) is 5.92 Å². The third-order valence-corrected chi connectivity index (χ3v) is 5.38. The topological polar surface area (TPSA) is 55.4 Å². The monoisotopic (exact) mass is 357 g/mol. The lowest BCUT2D eigenvalue weighted by molar-refractivity contribution is -0.116. The van der Waals surface area contributed by atoms with Crippen LogP contribution in [-0.2, 0) is 22.4 Å². The van der Waals surface area contributed by atoms with E-state index in [1.807, 2.05) is 6.92 Å². The lowest BCUT2D eigenvalue weighted by Gasteiger charge is -2.18. The van der Waals surface area contributed by atoms with Crippen molar-refractivity contribution in [3.63, 3.8) is 0 Å². The third-order valence-electron chi connectivity index (χ3n) is 3.94. The summed E-state index contributed by atoms with van der Waals surface area (Å²) in [6.45, 7) is 4.59. The van der Waals surface area contributed by atoms with Gasteiger partial charge in [-0.15, -0.1) is 22.9 Å². The first-order chi connectivity index (χ1) is 11.1. The van der Waals surface area contributed by atoms with Crippen LogP contribution in [0.2, 0.25) is 0 Å². The van der Waals surface area contributed by atoms with Crippen molar-refractivity contribution in [2.45, 2.75) is 52.4 Å². The largest absolute Gasteiger partial charge is 0.462 e. The van der Waals surface area contributed by atoms with E-state index < -0.39 is 0 Å². The quantitative estimate of drug-likeness (QED) is 0.581. The Bertz CT molecular complexity index is 570. The summed E-state index contributed by atoms with van der Waals surface area (Å²) >= 11 is 7.16. The second-order valence-electron chi connectivity index (χ2n) is 6.03. The highest BCUT2D eigenvalue weighted by molar-refractivity contribution is 7.17. The summed E-state index contributed by atoms with van der Waals surface area (Å²) in [5, 5.41) is 3.54. The van der Waals surface area contributed by atoms with E-state index in [4.69, 9.17) is 16.3 Å². The molecule has 0 unspecified atom stereocenters. The minimum absolute atomic E-state index is 0.0955. The molecule has 0 bridgehead atoms. The summed E-state index contributed by atoms with van der Waals surface area (Å²) in [4.78, 5) is 25.7. The Kier molecular flexibility index (Phi) is 6.90. The van der Waals surface area contributed by atoms with Gasteiger partial charge in [-0.3, -0.25) is 4.79 Å². The minimum atomic E-state index is -0.313. The van der Waals surface area contributed by atoms with Gasteiger partial charge in [0.2, 0.25) is 5.91 Å². The molecule has 0 fully saturated rings. The predicted octanol–water partition coefficient (Wildman–Crippen LogP) is 4.40. The van der Waals surface area contributed by atoms with Gasteiger partial charge in [0, 0.05) is 17.2 Å². The molecule has 0 saturated heterocycles. The van der Waals surface area contributed by atoms with Crippen LogP contribution in [0.15, 0.2) is 0 Å². The molecular weight excluding hydrogens is 334 g/mol. The predicted molar refractivity (Wildman–Crippen MR) is 94.7 cm³/mol. The average Bonchev–Trinajstić information content (AvgIpc) is 2.87. The van der Waals surface area contributed by atoms with Crippen molar-refractivity contribution in [3.8, 4) is 0 Å². The van der Waals surface area contributed by atoms with E-state index in [0.29, 0.717) is 41.8 Å². The first kappa shape index (κ1) is 18.3. The van der Waals surface area contributed by atoms with E-state index in [1.165, 1.54) is 16.2 Å². The molecule has 0 aromatic carbocycles. The molecule has 2 rings (SSSR count). The molecule has 1 aliphatic carbocycles. The average molecular weight is 358 g/mol. The molecule has 0 spiro atoms. The molecule has 128 valence electrons. The molecule has 6 heteroatoms. The van der Waals surface area contributed by atoms with Crippen molar-refractivity contribution in [1.82, 2.24) is 0 Å². The summed E-state index contributed by atoms with van der Waals surface area (Å²) in [7, 11) is 0. The zero-order valence-electron chi connectivity index (χ0n) is 13.7. The molecular formula is C17H24ClNO3S. The molecule has 0 aliphatic heterocycles. The van der Waals surface area contributed by atoms with Gasteiger partial charge in [0.1, 0.15) is 5.00 Å². The number of alkyl halides is 1. The van der Waals surface area contributed by atoms with Crippen LogP contribution in [0.25, 0.3) is 0 Å². The Morgan fingerprint density at radius 3 is 2.91 bits per heavy atom. The maximum atomic E-state index is 12.4. The molecule has 0 radical (unpaired) electrons. The highest BCUT2D eigenvalue weighted by Gasteiger charge is 2.29. The van der Waals surface area contributed by atoms with Gasteiger partial charge in [0.15, 0.2) is 0 Å². The van der Waals surface area contributed by atoms with E-state index in [2.05, 4.69) is 12.2 Å². The highest BCUT2D eigenvalue weighted by atomic mass is 35.5. The van der Waals surface area contributed by atoms with Crippen LogP contribution >= 0.6 is 22.9 Å². The number of nitrogens with one attached hydrogen (secondary N) is 1. The molecule has 1 atom stereocenters. The van der Waals surface area contributed by atoms with Gasteiger partial charge in [-0.05, 0) is 43.6 Å². The van der Waals surface area contributed by atoms with Gasteiger partial charge in [0.05, 0.1) is 12.2 Å². The number of amides is 1. The molecule has 1 N–H and O–H groups in total. The lowest BCUT2D eigenvalue weighted by Crippen LogP contribution is -2.16. The molecule has 1 aromatic heterocycles. The molecule has 1 amide bonds. The third kappa shape index (κ3) is 4.70. The molecule has 1 heterocycles. The van der Waals surface area contributed by atoms with Crippen LogP contribution in [0.5, 0.6) is 0 Å². The Morgan fingerprint density at radius 1 is 1.43 bits per heavy atom. The Morgan fingerprint density at radius 2 is 2.22 bits per heavy atom. The number of anilines is 1. The van der Waals surface area contributed by atoms with Gasteiger partial charge in [-0.1, -0.05) is 13.8 Å². The minimum Gasteiger partial charge on any atom is -0.462 e. The number of thiophene rings is 1. The van der Waals surface area contributed by atoms with Crippen LogP contribution in [-0.4, -0.2) is 24.4 Å². The smallest absolute Gasteiger partial charge is 0.341 e. The van der Waals surface area contributed by atoms with Crippen molar-refractivity contribution in [2.75, 3.05) is 17.8 Å². The SMILES string of the molecule is CCCOC(=O)c1c(NC(=O)CCCCl)sc2c1CC[C@H](C)C2. The summed E-state index contributed by atoms with van der Waals surface area (Å²) in [5.41, 5.74) is 1.64.